The van der Waals surface area contributed by atoms with E-state index in [1.54, 1.807) is 36.7 Å². The first-order chi connectivity index (χ1) is 15.4. The minimum absolute atomic E-state index is 0.0196. The Bertz CT molecular complexity index is 1050. The fourth-order valence-electron chi connectivity index (χ4n) is 3.60. The molecule has 0 saturated carbocycles. The lowest BCUT2D eigenvalue weighted by Crippen LogP contribution is -2.34. The highest BCUT2D eigenvalue weighted by molar-refractivity contribution is 6.07. The number of aliphatic imine (C=N–C) groups is 1. The maximum absolute atomic E-state index is 13.1. The summed E-state index contributed by atoms with van der Waals surface area (Å²) in [7, 11) is 0. The van der Waals surface area contributed by atoms with Gasteiger partial charge in [-0.25, -0.2) is 4.99 Å². The molecule has 0 radical (unpaired) electrons. The van der Waals surface area contributed by atoms with Crippen LogP contribution in [0.25, 0.3) is 6.08 Å². The average molecular weight is 435 g/mol. The van der Waals surface area contributed by atoms with Crippen molar-refractivity contribution in [1.82, 2.24) is 9.88 Å². The number of benzene rings is 1. The van der Waals surface area contributed by atoms with Gasteiger partial charge in [-0.3, -0.25) is 14.6 Å². The van der Waals surface area contributed by atoms with Gasteiger partial charge in [0, 0.05) is 49.0 Å². The van der Waals surface area contributed by atoms with Gasteiger partial charge in [0.1, 0.15) is 5.84 Å². The fraction of sp³-hybridized carbons (Fsp3) is 0.333. The molecule has 8 nitrogen and oxygen atoms in total. The molecule has 0 aliphatic carbocycles. The Hall–Kier alpha value is -3.52. The number of carbonyl (C=O) groups excluding carboxylic acids is 2. The van der Waals surface area contributed by atoms with Crippen LogP contribution in [0.4, 0.5) is 11.4 Å². The normalized spacial score (nSPS) is 12.8. The van der Waals surface area contributed by atoms with Gasteiger partial charge in [0.2, 0.25) is 5.91 Å². The second-order valence-electron chi connectivity index (χ2n) is 7.76. The van der Waals surface area contributed by atoms with Crippen molar-refractivity contribution < 1.29 is 9.59 Å². The van der Waals surface area contributed by atoms with Gasteiger partial charge in [-0.15, -0.1) is 0 Å². The Labute approximate surface area is 188 Å². The van der Waals surface area contributed by atoms with Crippen molar-refractivity contribution in [3.05, 3.63) is 58.9 Å². The molecule has 2 aromatic rings. The van der Waals surface area contributed by atoms with Crippen molar-refractivity contribution >= 4 is 35.1 Å². The van der Waals surface area contributed by atoms with Crippen molar-refractivity contribution in [1.29, 1.82) is 0 Å². The summed E-state index contributed by atoms with van der Waals surface area (Å²) in [4.78, 5) is 36.2. The number of pyridine rings is 1. The number of hydrogen-bond acceptors (Lipinski definition) is 6. The monoisotopic (exact) mass is 434 g/mol. The van der Waals surface area contributed by atoms with Gasteiger partial charge in [0.05, 0.1) is 17.6 Å². The number of fused-ring (bicyclic) bond motifs is 1. The van der Waals surface area contributed by atoms with Crippen LogP contribution in [0.2, 0.25) is 0 Å². The van der Waals surface area contributed by atoms with E-state index in [4.69, 9.17) is 11.5 Å². The molecule has 1 aromatic carbocycles. The maximum atomic E-state index is 13.1. The maximum Gasteiger partial charge on any atom is 0.255 e. The second kappa shape index (κ2) is 10.7. The molecule has 1 aliphatic heterocycles. The van der Waals surface area contributed by atoms with E-state index < -0.39 is 0 Å². The highest BCUT2D eigenvalue weighted by Crippen LogP contribution is 2.29. The second-order valence-corrected chi connectivity index (χ2v) is 7.76. The fourth-order valence-corrected chi connectivity index (χ4v) is 3.60. The molecule has 1 aromatic heterocycles. The zero-order valence-corrected chi connectivity index (χ0v) is 18.6. The van der Waals surface area contributed by atoms with Gasteiger partial charge in [0.15, 0.2) is 0 Å². The minimum atomic E-state index is -0.292. The lowest BCUT2D eigenvalue weighted by atomic mass is 10.0. The molecule has 0 fully saturated rings. The van der Waals surface area contributed by atoms with Crippen LogP contribution in [0.3, 0.4) is 0 Å². The average Bonchev–Trinajstić information content (AvgIpc) is 2.95. The first-order valence-electron chi connectivity index (χ1n) is 10.9. The Morgan fingerprint density at radius 3 is 2.56 bits per heavy atom. The number of nitrogens with one attached hydrogen (secondary N) is 1. The number of nitrogens with zero attached hydrogens (tertiary/aromatic N) is 3. The number of amides is 2. The summed E-state index contributed by atoms with van der Waals surface area (Å²) < 4.78 is 0. The number of carbonyl (C=O) groups is 2. The van der Waals surface area contributed by atoms with E-state index in [-0.39, 0.29) is 18.2 Å². The molecule has 0 saturated heterocycles. The van der Waals surface area contributed by atoms with E-state index in [0.717, 1.165) is 24.0 Å². The predicted octanol–water partition coefficient (Wildman–Crippen LogP) is 3.22. The molecule has 3 rings (SSSR count). The summed E-state index contributed by atoms with van der Waals surface area (Å²) in [5, 5.41) is 2.82. The lowest BCUT2D eigenvalue weighted by Gasteiger charge is -2.22. The number of rotatable bonds is 8. The summed E-state index contributed by atoms with van der Waals surface area (Å²) in [5.41, 5.74) is 15.5. The molecule has 0 bridgehead atoms. The molecule has 0 unspecified atom stereocenters. The van der Waals surface area contributed by atoms with Crippen molar-refractivity contribution in [3.63, 3.8) is 0 Å². The van der Waals surface area contributed by atoms with Crippen LogP contribution in [0.15, 0.2) is 47.2 Å². The van der Waals surface area contributed by atoms with E-state index in [0.29, 0.717) is 48.0 Å². The third-order valence-electron chi connectivity index (χ3n) is 5.10. The van der Waals surface area contributed by atoms with Crippen LogP contribution in [0, 0.1) is 0 Å². The van der Waals surface area contributed by atoms with Gasteiger partial charge in [-0.2, -0.15) is 0 Å². The SMILES string of the molecule is CCCN(CCC)C(=O)C1=Cc2ccc(C(=O)Nc3cncc(CN)c3)cc2N=C(N)C1. The highest BCUT2D eigenvalue weighted by Gasteiger charge is 2.21. The summed E-state index contributed by atoms with van der Waals surface area (Å²) >= 11 is 0. The molecule has 0 atom stereocenters. The van der Waals surface area contributed by atoms with Crippen LogP contribution in [0.5, 0.6) is 0 Å². The minimum Gasteiger partial charge on any atom is -0.387 e. The molecule has 5 N–H and O–H groups in total. The summed E-state index contributed by atoms with van der Waals surface area (Å²) in [6.45, 7) is 5.85. The van der Waals surface area contributed by atoms with Crippen molar-refractivity contribution in [2.45, 2.75) is 39.7 Å². The largest absolute Gasteiger partial charge is 0.387 e. The zero-order chi connectivity index (χ0) is 23.1. The highest BCUT2D eigenvalue weighted by atomic mass is 16.2. The summed E-state index contributed by atoms with van der Waals surface area (Å²) in [6.07, 6.45) is 7.10. The summed E-state index contributed by atoms with van der Waals surface area (Å²) in [5.74, 6) is 0.0293. The van der Waals surface area contributed by atoms with Gasteiger partial charge in [-0.05, 0) is 42.7 Å². The predicted molar refractivity (Wildman–Crippen MR) is 128 cm³/mol. The van der Waals surface area contributed by atoms with Gasteiger partial charge < -0.3 is 21.7 Å². The molecular weight excluding hydrogens is 404 g/mol. The first kappa shape index (κ1) is 23.1. The van der Waals surface area contributed by atoms with Gasteiger partial charge in [0.25, 0.3) is 5.91 Å². The zero-order valence-electron chi connectivity index (χ0n) is 18.6. The standard InChI is InChI=1S/C24H30N6O2/c1-3-7-30(8-4-2)24(32)19-10-17-5-6-18(11-21(17)29-22(26)12-19)23(31)28-20-9-16(13-25)14-27-15-20/h5-6,9-11,14-15H,3-4,7-8,12-13,25H2,1-2H3,(H2,26,29)(H,28,31). The van der Waals surface area contributed by atoms with Gasteiger partial charge in [-0.1, -0.05) is 19.9 Å². The number of anilines is 1. The number of hydrogen-bond donors (Lipinski definition) is 3. The first-order valence-corrected chi connectivity index (χ1v) is 10.9. The third kappa shape index (κ3) is 5.59. The van der Waals surface area contributed by atoms with E-state index in [9.17, 15) is 9.59 Å². The molecule has 32 heavy (non-hydrogen) atoms. The Balaban J connectivity index is 1.86. The Morgan fingerprint density at radius 1 is 1.12 bits per heavy atom. The van der Waals surface area contributed by atoms with E-state index in [1.807, 2.05) is 11.0 Å². The van der Waals surface area contributed by atoms with Crippen LogP contribution in [-0.2, 0) is 11.3 Å². The quantitative estimate of drug-likeness (QED) is 0.588. The molecule has 2 amide bonds. The summed E-state index contributed by atoms with van der Waals surface area (Å²) in [6, 6.07) is 6.96. The van der Waals surface area contributed by atoms with Crippen LogP contribution in [-0.4, -0.2) is 40.6 Å². The van der Waals surface area contributed by atoms with Crippen LogP contribution < -0.4 is 16.8 Å². The Morgan fingerprint density at radius 2 is 1.88 bits per heavy atom. The molecule has 2 heterocycles. The lowest BCUT2D eigenvalue weighted by molar-refractivity contribution is -0.127. The van der Waals surface area contributed by atoms with E-state index in [1.165, 1.54) is 0 Å². The molecule has 8 heteroatoms. The van der Waals surface area contributed by atoms with Crippen molar-refractivity contribution in [2.24, 2.45) is 16.5 Å². The molecule has 1 aliphatic rings. The molecule has 0 spiro atoms. The van der Waals surface area contributed by atoms with Crippen LogP contribution >= 0.6 is 0 Å². The smallest absolute Gasteiger partial charge is 0.255 e. The van der Waals surface area contributed by atoms with Crippen LogP contribution in [0.1, 0.15) is 54.6 Å². The number of aromatic nitrogens is 1. The van der Waals surface area contributed by atoms with Crippen molar-refractivity contribution in [3.8, 4) is 0 Å². The van der Waals surface area contributed by atoms with E-state index in [2.05, 4.69) is 29.1 Å². The van der Waals surface area contributed by atoms with E-state index >= 15 is 0 Å². The topological polar surface area (TPSA) is 127 Å². The number of amidine groups is 1. The van der Waals surface area contributed by atoms with Gasteiger partial charge >= 0.3 is 0 Å². The molecule has 168 valence electrons. The van der Waals surface area contributed by atoms with Crippen molar-refractivity contribution in [2.75, 3.05) is 18.4 Å². The molecular formula is C24H30N6O2. The Kier molecular flexibility index (Phi) is 7.72. The third-order valence-corrected chi connectivity index (χ3v) is 5.10. The number of nitrogens with two attached hydrogens (primary N) is 2.